The lowest BCUT2D eigenvalue weighted by Crippen LogP contribution is -2.57. The lowest BCUT2D eigenvalue weighted by molar-refractivity contribution is -0.925. The Hall–Kier alpha value is -0.120. The summed E-state index contributed by atoms with van der Waals surface area (Å²) >= 11 is 0. The van der Waals surface area contributed by atoms with Gasteiger partial charge in [-0.1, -0.05) is 0 Å². The van der Waals surface area contributed by atoms with Crippen LogP contribution < -0.4 is 11.6 Å². The Bertz CT molecular complexity index is 90.5. The standard InChI is InChI=1S/C6H16N3/c1-9(8)4-2-6(7)3-5-9/h6H,2-5,7-8H2,1H3/q+1. The zero-order valence-electron chi connectivity index (χ0n) is 6.01. The lowest BCUT2D eigenvalue weighted by atomic mass is 10.1. The maximum absolute atomic E-state index is 5.82. The second-order valence-corrected chi connectivity index (χ2v) is 3.26. The van der Waals surface area contributed by atoms with Gasteiger partial charge in [-0.05, 0) is 0 Å². The van der Waals surface area contributed by atoms with Gasteiger partial charge in [0.15, 0.2) is 0 Å². The van der Waals surface area contributed by atoms with E-state index >= 15 is 0 Å². The van der Waals surface area contributed by atoms with E-state index in [9.17, 15) is 0 Å². The normalized spacial score (nSPS) is 45.0. The fraction of sp³-hybridized carbons (Fsp3) is 1.00. The first-order valence-electron chi connectivity index (χ1n) is 3.49. The van der Waals surface area contributed by atoms with E-state index in [2.05, 4.69) is 0 Å². The summed E-state index contributed by atoms with van der Waals surface area (Å²) in [6.07, 6.45) is 2.15. The Morgan fingerprint density at radius 3 is 2.11 bits per heavy atom. The third-order valence-electron chi connectivity index (χ3n) is 2.02. The van der Waals surface area contributed by atoms with E-state index in [0.717, 1.165) is 25.9 Å². The lowest BCUT2D eigenvalue weighted by Gasteiger charge is -2.34. The first-order valence-corrected chi connectivity index (χ1v) is 3.49. The largest absolute Gasteiger partial charge is 0.327 e. The van der Waals surface area contributed by atoms with E-state index in [1.807, 2.05) is 7.05 Å². The van der Waals surface area contributed by atoms with Gasteiger partial charge in [-0.15, -0.1) is 0 Å². The average Bonchev–Trinajstić information content (AvgIpc) is 1.78. The topological polar surface area (TPSA) is 52.0 Å². The van der Waals surface area contributed by atoms with Crippen LogP contribution in [0.2, 0.25) is 0 Å². The highest BCUT2D eigenvalue weighted by molar-refractivity contribution is 4.63. The third-order valence-corrected chi connectivity index (χ3v) is 2.02. The summed E-state index contributed by atoms with van der Waals surface area (Å²) in [5.74, 6) is 5.82. The highest BCUT2D eigenvalue weighted by Crippen LogP contribution is 2.09. The second-order valence-electron chi connectivity index (χ2n) is 3.26. The van der Waals surface area contributed by atoms with Crippen LogP contribution in [0.15, 0.2) is 0 Å². The maximum atomic E-state index is 5.82. The Balaban J connectivity index is 2.35. The van der Waals surface area contributed by atoms with E-state index < -0.39 is 0 Å². The van der Waals surface area contributed by atoms with E-state index in [-0.39, 0.29) is 0 Å². The zero-order valence-corrected chi connectivity index (χ0v) is 6.01. The van der Waals surface area contributed by atoms with Gasteiger partial charge in [0.05, 0.1) is 20.1 Å². The van der Waals surface area contributed by atoms with Crippen molar-refractivity contribution in [3.8, 4) is 0 Å². The molecule has 1 fully saturated rings. The van der Waals surface area contributed by atoms with Crippen LogP contribution in [0.1, 0.15) is 12.8 Å². The molecule has 0 aromatic heterocycles. The number of quaternary nitrogens is 1. The molecule has 1 aliphatic heterocycles. The third kappa shape index (κ3) is 1.93. The minimum Gasteiger partial charge on any atom is -0.327 e. The minimum absolute atomic E-state index is 0.403. The molecular weight excluding hydrogens is 114 g/mol. The predicted octanol–water partition coefficient (Wildman–Crippen LogP) is -0.572. The molecule has 1 saturated heterocycles. The molecule has 0 unspecified atom stereocenters. The van der Waals surface area contributed by atoms with Crippen LogP contribution in [0.5, 0.6) is 0 Å². The monoisotopic (exact) mass is 130 g/mol. The van der Waals surface area contributed by atoms with Crippen molar-refractivity contribution in [2.45, 2.75) is 18.9 Å². The van der Waals surface area contributed by atoms with Crippen molar-refractivity contribution in [3.63, 3.8) is 0 Å². The molecule has 54 valence electrons. The Kier molecular flexibility index (Phi) is 1.75. The molecule has 0 aromatic carbocycles. The minimum atomic E-state index is 0.403. The van der Waals surface area contributed by atoms with Crippen LogP contribution in [0.4, 0.5) is 0 Å². The van der Waals surface area contributed by atoms with Crippen molar-refractivity contribution < 1.29 is 4.59 Å². The Morgan fingerprint density at radius 1 is 1.33 bits per heavy atom. The molecule has 4 N–H and O–H groups in total. The number of nitrogens with two attached hydrogens (primary N) is 2. The van der Waals surface area contributed by atoms with Crippen LogP contribution in [-0.2, 0) is 0 Å². The molecule has 1 heterocycles. The first kappa shape index (κ1) is 6.99. The molecule has 0 aliphatic carbocycles. The molecule has 0 amide bonds. The molecule has 3 nitrogen and oxygen atoms in total. The van der Waals surface area contributed by atoms with E-state index in [0.29, 0.717) is 10.6 Å². The number of hydrogen-bond acceptors (Lipinski definition) is 2. The predicted molar refractivity (Wildman–Crippen MR) is 37.3 cm³/mol. The van der Waals surface area contributed by atoms with E-state index in [1.165, 1.54) is 0 Å². The van der Waals surface area contributed by atoms with Gasteiger partial charge in [0.25, 0.3) is 0 Å². The van der Waals surface area contributed by atoms with Crippen molar-refractivity contribution in [3.05, 3.63) is 0 Å². The number of rotatable bonds is 0. The summed E-state index contributed by atoms with van der Waals surface area (Å²) < 4.78 is 0.660. The molecule has 0 aromatic rings. The van der Waals surface area contributed by atoms with Gasteiger partial charge < -0.3 is 5.73 Å². The van der Waals surface area contributed by atoms with Crippen molar-refractivity contribution in [1.82, 2.24) is 0 Å². The molecule has 0 spiro atoms. The van der Waals surface area contributed by atoms with Crippen molar-refractivity contribution in [1.29, 1.82) is 0 Å². The van der Waals surface area contributed by atoms with Gasteiger partial charge in [-0.2, -0.15) is 5.84 Å². The summed E-state index contributed by atoms with van der Waals surface area (Å²) in [6, 6.07) is 0.403. The SMILES string of the molecule is C[N+]1(N)CCC(N)CC1. The fourth-order valence-corrected chi connectivity index (χ4v) is 1.18. The van der Waals surface area contributed by atoms with E-state index in [4.69, 9.17) is 11.6 Å². The maximum Gasteiger partial charge on any atom is 0.0973 e. The van der Waals surface area contributed by atoms with Crippen LogP contribution in [0, 0.1) is 0 Å². The smallest absolute Gasteiger partial charge is 0.0973 e. The highest BCUT2D eigenvalue weighted by Gasteiger charge is 2.24. The molecule has 0 atom stereocenters. The molecule has 1 rings (SSSR count). The average molecular weight is 130 g/mol. The van der Waals surface area contributed by atoms with Crippen LogP contribution in [0.25, 0.3) is 0 Å². The Morgan fingerprint density at radius 2 is 1.78 bits per heavy atom. The van der Waals surface area contributed by atoms with Crippen molar-refractivity contribution >= 4 is 0 Å². The summed E-state index contributed by atoms with van der Waals surface area (Å²) in [4.78, 5) is 0. The van der Waals surface area contributed by atoms with E-state index in [1.54, 1.807) is 0 Å². The molecule has 9 heavy (non-hydrogen) atoms. The van der Waals surface area contributed by atoms with Crippen molar-refractivity contribution in [2.24, 2.45) is 11.6 Å². The van der Waals surface area contributed by atoms with Gasteiger partial charge >= 0.3 is 0 Å². The summed E-state index contributed by atoms with van der Waals surface area (Å²) in [7, 11) is 2.05. The van der Waals surface area contributed by atoms with Gasteiger partial charge in [-0.25, -0.2) is 0 Å². The van der Waals surface area contributed by atoms with Gasteiger partial charge in [-0.3, -0.25) is 4.59 Å². The molecule has 3 heteroatoms. The highest BCUT2D eigenvalue weighted by atomic mass is 15.6. The molecule has 1 aliphatic rings. The summed E-state index contributed by atoms with van der Waals surface area (Å²) in [5, 5.41) is 0. The zero-order chi connectivity index (χ0) is 6.91. The number of hydrogen-bond donors (Lipinski definition) is 2. The van der Waals surface area contributed by atoms with Crippen LogP contribution in [0.3, 0.4) is 0 Å². The second kappa shape index (κ2) is 2.25. The quantitative estimate of drug-likeness (QED) is 0.341. The van der Waals surface area contributed by atoms with Crippen LogP contribution in [-0.4, -0.2) is 30.8 Å². The molecule has 0 radical (unpaired) electrons. The molecular formula is C6H16N3+. The number of likely N-dealkylation sites (tertiary alicyclic amines) is 1. The fourth-order valence-electron chi connectivity index (χ4n) is 1.18. The number of piperidine rings is 1. The van der Waals surface area contributed by atoms with Crippen molar-refractivity contribution in [2.75, 3.05) is 20.1 Å². The van der Waals surface area contributed by atoms with Crippen LogP contribution >= 0.6 is 0 Å². The molecule has 0 saturated carbocycles. The first-order chi connectivity index (χ1) is 4.10. The Labute approximate surface area is 56.2 Å². The number of nitrogens with zero attached hydrogens (tertiary/aromatic N) is 1. The van der Waals surface area contributed by atoms with Gasteiger partial charge in [0.2, 0.25) is 0 Å². The summed E-state index contributed by atoms with van der Waals surface area (Å²) in [5.41, 5.74) is 5.69. The molecule has 0 bridgehead atoms. The van der Waals surface area contributed by atoms with Gasteiger partial charge in [0, 0.05) is 18.9 Å². The summed E-state index contributed by atoms with van der Waals surface area (Å²) in [6.45, 7) is 2.06. The van der Waals surface area contributed by atoms with Gasteiger partial charge in [0.1, 0.15) is 0 Å².